The molecule has 26 heavy (non-hydrogen) atoms. The molecule has 0 radical (unpaired) electrons. The molecule has 1 heterocycles. The van der Waals surface area contributed by atoms with Gasteiger partial charge in [-0.05, 0) is 25.5 Å². The summed E-state index contributed by atoms with van der Waals surface area (Å²) in [6.45, 7) is 4.14. The van der Waals surface area contributed by atoms with E-state index in [4.69, 9.17) is 14.2 Å². The van der Waals surface area contributed by atoms with E-state index in [1.807, 2.05) is 0 Å². The molecule has 0 aliphatic heterocycles. The van der Waals surface area contributed by atoms with Gasteiger partial charge in [-0.3, -0.25) is 4.79 Å². The van der Waals surface area contributed by atoms with Crippen LogP contribution < -0.4 is 24.8 Å². The summed E-state index contributed by atoms with van der Waals surface area (Å²) >= 11 is 0. The number of aromatic nitrogens is 1. The number of amides is 1. The van der Waals surface area contributed by atoms with Crippen molar-refractivity contribution in [3.8, 4) is 17.2 Å². The van der Waals surface area contributed by atoms with Crippen LogP contribution in [0, 0.1) is 0 Å². The molecule has 7 heteroatoms. The van der Waals surface area contributed by atoms with E-state index in [2.05, 4.69) is 29.5 Å². The van der Waals surface area contributed by atoms with Gasteiger partial charge < -0.3 is 24.8 Å². The number of hydrogen-bond donors (Lipinski definition) is 2. The third-order valence-electron chi connectivity index (χ3n) is 3.95. The van der Waals surface area contributed by atoms with Crippen molar-refractivity contribution in [2.45, 2.75) is 26.3 Å². The van der Waals surface area contributed by atoms with Crippen molar-refractivity contribution in [1.29, 1.82) is 0 Å². The molecule has 1 amide bonds. The molecule has 140 valence electrons. The van der Waals surface area contributed by atoms with Crippen LogP contribution in [0.1, 0.15) is 30.6 Å². The molecule has 1 atom stereocenters. The number of nitrogens with one attached hydrogen (secondary N) is 2. The third-order valence-corrected chi connectivity index (χ3v) is 3.95. The Morgan fingerprint density at radius 3 is 2.31 bits per heavy atom. The summed E-state index contributed by atoms with van der Waals surface area (Å²) < 4.78 is 15.9. The lowest BCUT2D eigenvalue weighted by atomic mass is 10.2. The summed E-state index contributed by atoms with van der Waals surface area (Å²) in [5, 5.41) is 6.10. The molecule has 0 aliphatic carbocycles. The summed E-state index contributed by atoms with van der Waals surface area (Å²) in [4.78, 5) is 16.8. The van der Waals surface area contributed by atoms with Crippen LogP contribution in [-0.2, 0) is 0 Å². The number of hydrogen-bond acceptors (Lipinski definition) is 6. The Labute approximate surface area is 153 Å². The van der Waals surface area contributed by atoms with E-state index < -0.39 is 0 Å². The van der Waals surface area contributed by atoms with Crippen LogP contribution in [-0.4, -0.2) is 38.3 Å². The van der Waals surface area contributed by atoms with Crippen LogP contribution in [0.4, 0.5) is 11.5 Å². The zero-order chi connectivity index (χ0) is 19.1. The van der Waals surface area contributed by atoms with Gasteiger partial charge in [0.2, 0.25) is 5.75 Å². The first-order valence-electron chi connectivity index (χ1n) is 8.36. The third kappa shape index (κ3) is 4.56. The van der Waals surface area contributed by atoms with Gasteiger partial charge in [-0.2, -0.15) is 0 Å². The topological polar surface area (TPSA) is 81.7 Å². The highest BCUT2D eigenvalue weighted by molar-refractivity contribution is 6.05. The lowest BCUT2D eigenvalue weighted by Crippen LogP contribution is -2.16. The molecule has 0 bridgehead atoms. The maximum atomic E-state index is 12.6. The molecule has 0 aliphatic rings. The monoisotopic (exact) mass is 359 g/mol. The zero-order valence-corrected chi connectivity index (χ0v) is 15.8. The molecule has 1 aromatic carbocycles. The maximum Gasteiger partial charge on any atom is 0.255 e. The highest BCUT2D eigenvalue weighted by Gasteiger charge is 2.15. The van der Waals surface area contributed by atoms with Gasteiger partial charge in [-0.25, -0.2) is 4.98 Å². The summed E-state index contributed by atoms with van der Waals surface area (Å²) in [5.41, 5.74) is 1.04. The first kappa shape index (κ1) is 19.4. The standard InChI is InChI=1S/C19H25N3O4/c1-6-12(2)21-17-9-13(7-8-20-17)19(23)22-14-10-15(24-3)18(26-5)16(11-14)25-4/h7-12H,6H2,1-5H3,(H,20,21)(H,22,23). The second-order valence-corrected chi connectivity index (χ2v) is 5.75. The van der Waals surface area contributed by atoms with Gasteiger partial charge in [-0.15, -0.1) is 0 Å². The molecule has 2 rings (SSSR count). The van der Waals surface area contributed by atoms with Gasteiger partial charge in [0.25, 0.3) is 5.91 Å². The number of pyridine rings is 1. The lowest BCUT2D eigenvalue weighted by molar-refractivity contribution is 0.102. The van der Waals surface area contributed by atoms with Crippen molar-refractivity contribution in [3.63, 3.8) is 0 Å². The number of rotatable bonds is 8. The molecule has 0 saturated heterocycles. The van der Waals surface area contributed by atoms with Crippen molar-refractivity contribution < 1.29 is 19.0 Å². The lowest BCUT2D eigenvalue weighted by Gasteiger charge is -2.15. The Kier molecular flexibility index (Phi) is 6.66. The second kappa shape index (κ2) is 8.94. The van der Waals surface area contributed by atoms with Crippen LogP contribution in [0.2, 0.25) is 0 Å². The first-order valence-corrected chi connectivity index (χ1v) is 8.36. The number of anilines is 2. The predicted molar refractivity (Wildman–Crippen MR) is 102 cm³/mol. The van der Waals surface area contributed by atoms with Crippen molar-refractivity contribution in [1.82, 2.24) is 4.98 Å². The van der Waals surface area contributed by atoms with Crippen molar-refractivity contribution >= 4 is 17.4 Å². The fourth-order valence-electron chi connectivity index (χ4n) is 2.36. The SMILES string of the molecule is CCC(C)Nc1cc(C(=O)Nc2cc(OC)c(OC)c(OC)c2)ccn1. The van der Waals surface area contributed by atoms with Crippen LogP contribution in [0.25, 0.3) is 0 Å². The smallest absolute Gasteiger partial charge is 0.255 e. The minimum Gasteiger partial charge on any atom is -0.493 e. The molecule has 0 fully saturated rings. The molecule has 1 unspecified atom stereocenters. The average molecular weight is 359 g/mol. The Balaban J connectivity index is 2.23. The van der Waals surface area contributed by atoms with Gasteiger partial charge >= 0.3 is 0 Å². The van der Waals surface area contributed by atoms with Crippen LogP contribution in [0.5, 0.6) is 17.2 Å². The van der Waals surface area contributed by atoms with Gasteiger partial charge in [0.05, 0.1) is 21.3 Å². The number of methoxy groups -OCH3 is 3. The minimum atomic E-state index is -0.256. The highest BCUT2D eigenvalue weighted by Crippen LogP contribution is 2.40. The minimum absolute atomic E-state index is 0.256. The maximum absolute atomic E-state index is 12.6. The second-order valence-electron chi connectivity index (χ2n) is 5.75. The number of nitrogens with zero attached hydrogens (tertiary/aromatic N) is 1. The highest BCUT2D eigenvalue weighted by atomic mass is 16.5. The Morgan fingerprint density at radius 2 is 1.77 bits per heavy atom. The van der Waals surface area contributed by atoms with Crippen molar-refractivity contribution in [2.24, 2.45) is 0 Å². The van der Waals surface area contributed by atoms with E-state index in [-0.39, 0.29) is 11.9 Å². The van der Waals surface area contributed by atoms with E-state index in [1.165, 1.54) is 21.3 Å². The van der Waals surface area contributed by atoms with Gasteiger partial charge in [0.15, 0.2) is 11.5 Å². The molecule has 7 nitrogen and oxygen atoms in total. The fourth-order valence-corrected chi connectivity index (χ4v) is 2.36. The molecular weight excluding hydrogens is 334 g/mol. The van der Waals surface area contributed by atoms with Crippen molar-refractivity contribution in [3.05, 3.63) is 36.0 Å². The molecular formula is C19H25N3O4. The van der Waals surface area contributed by atoms with E-state index in [1.54, 1.807) is 30.5 Å². The quantitative estimate of drug-likeness (QED) is 0.750. The number of benzene rings is 1. The van der Waals surface area contributed by atoms with Crippen LogP contribution in [0.3, 0.4) is 0 Å². The van der Waals surface area contributed by atoms with Crippen molar-refractivity contribution in [2.75, 3.05) is 32.0 Å². The summed E-state index contributed by atoms with van der Waals surface area (Å²) in [6.07, 6.45) is 2.57. The largest absolute Gasteiger partial charge is 0.493 e. The predicted octanol–water partition coefficient (Wildman–Crippen LogP) is 3.57. The Bertz CT molecular complexity index is 739. The van der Waals surface area contributed by atoms with Crippen LogP contribution in [0.15, 0.2) is 30.5 Å². The summed E-state index contributed by atoms with van der Waals surface area (Å²) in [6, 6.07) is 7.02. The Hall–Kier alpha value is -2.96. The zero-order valence-electron chi connectivity index (χ0n) is 15.8. The number of carbonyl (C=O) groups is 1. The van der Waals surface area contributed by atoms with Crippen LogP contribution >= 0.6 is 0 Å². The fraction of sp³-hybridized carbons (Fsp3) is 0.368. The average Bonchev–Trinajstić information content (AvgIpc) is 2.67. The van der Waals surface area contributed by atoms with E-state index in [0.29, 0.717) is 34.3 Å². The Morgan fingerprint density at radius 1 is 1.12 bits per heavy atom. The molecule has 0 spiro atoms. The van der Waals surface area contributed by atoms with Gasteiger partial charge in [-0.1, -0.05) is 6.92 Å². The van der Waals surface area contributed by atoms with Gasteiger partial charge in [0, 0.05) is 35.6 Å². The summed E-state index contributed by atoms with van der Waals surface area (Å²) in [7, 11) is 4.58. The number of carbonyl (C=O) groups excluding carboxylic acids is 1. The van der Waals surface area contributed by atoms with E-state index in [9.17, 15) is 4.79 Å². The van der Waals surface area contributed by atoms with Gasteiger partial charge in [0.1, 0.15) is 5.82 Å². The normalized spacial score (nSPS) is 11.4. The van der Waals surface area contributed by atoms with E-state index >= 15 is 0 Å². The van der Waals surface area contributed by atoms with E-state index in [0.717, 1.165) is 6.42 Å². The first-order chi connectivity index (χ1) is 12.5. The number of ether oxygens (including phenoxy) is 3. The summed E-state index contributed by atoms with van der Waals surface area (Å²) in [5.74, 6) is 1.81. The molecule has 2 N–H and O–H groups in total. The molecule has 0 saturated carbocycles. The molecule has 2 aromatic rings. The molecule has 1 aromatic heterocycles.